The molecule has 6 nitrogen and oxygen atoms in total. The lowest BCUT2D eigenvalue weighted by atomic mass is 9.88. The Labute approximate surface area is 193 Å². The topological polar surface area (TPSA) is 72.9 Å². The number of hydrogen-bond donors (Lipinski definition) is 0. The van der Waals surface area contributed by atoms with Gasteiger partial charge in [0.1, 0.15) is 17.5 Å². The number of esters is 1. The molecule has 0 radical (unpaired) electrons. The first-order valence-electron chi connectivity index (χ1n) is 11.0. The maximum atomic E-state index is 13.2. The van der Waals surface area contributed by atoms with Gasteiger partial charge in [0, 0.05) is 28.2 Å². The summed E-state index contributed by atoms with van der Waals surface area (Å²) in [5.74, 6) is -0.604. The summed E-state index contributed by atoms with van der Waals surface area (Å²) in [6, 6.07) is 7.68. The van der Waals surface area contributed by atoms with Crippen LogP contribution in [0.2, 0.25) is 0 Å². The molecule has 2 atom stereocenters. The van der Waals surface area contributed by atoms with Crippen molar-refractivity contribution in [2.24, 2.45) is 11.8 Å². The lowest BCUT2D eigenvalue weighted by Crippen LogP contribution is -2.38. The van der Waals surface area contributed by atoms with E-state index in [2.05, 4.69) is 6.07 Å². The predicted molar refractivity (Wildman–Crippen MR) is 126 cm³/mol. The Balaban J connectivity index is 1.81. The van der Waals surface area contributed by atoms with Crippen molar-refractivity contribution in [3.8, 4) is 0 Å². The number of nitrogens with zero attached hydrogens (tertiary/aromatic N) is 1. The van der Waals surface area contributed by atoms with E-state index in [0.717, 1.165) is 27.7 Å². The summed E-state index contributed by atoms with van der Waals surface area (Å²) in [5.41, 5.74) is -0.506. The highest BCUT2D eigenvalue weighted by Crippen LogP contribution is 2.34. The van der Waals surface area contributed by atoms with Gasteiger partial charge in [-0.1, -0.05) is 12.1 Å². The average Bonchev–Trinajstić information content (AvgIpc) is 3.29. The molecular weight excluding hydrogens is 426 g/mol. The fraction of sp³-hybridized carbons (Fsp3) is 0.560. The lowest BCUT2D eigenvalue weighted by Gasteiger charge is -2.28. The second-order valence-corrected chi connectivity index (χ2v) is 11.6. The SMILES string of the molecule is CC(C)(C)OC(=O)[C@@H](Cc1cc2ccc(C=O)cc2s1)[C@H]1CCN(C(=O)OC(C)(C)C)C1. The van der Waals surface area contributed by atoms with E-state index in [1.807, 2.05) is 53.7 Å². The van der Waals surface area contributed by atoms with Crippen LogP contribution in [0.15, 0.2) is 24.3 Å². The number of likely N-dealkylation sites (tertiary alicyclic amines) is 1. The summed E-state index contributed by atoms with van der Waals surface area (Å²) in [6.45, 7) is 12.2. The molecule has 0 saturated carbocycles. The van der Waals surface area contributed by atoms with Crippen LogP contribution in [0.25, 0.3) is 10.1 Å². The van der Waals surface area contributed by atoms with Crippen LogP contribution in [0.3, 0.4) is 0 Å². The highest BCUT2D eigenvalue weighted by Gasteiger charge is 2.39. The van der Waals surface area contributed by atoms with E-state index >= 15 is 0 Å². The smallest absolute Gasteiger partial charge is 0.410 e. The Morgan fingerprint density at radius 2 is 1.81 bits per heavy atom. The number of carbonyl (C=O) groups excluding carboxylic acids is 3. The van der Waals surface area contributed by atoms with Crippen molar-refractivity contribution in [2.75, 3.05) is 13.1 Å². The number of carbonyl (C=O) groups is 3. The van der Waals surface area contributed by atoms with Crippen molar-refractivity contribution in [1.82, 2.24) is 4.90 Å². The standard InChI is InChI=1S/C25H33NO5S/c1-24(2,3)30-22(28)20(18-9-10-26(14-18)23(29)31-25(4,5)6)13-19-12-17-8-7-16(15-27)11-21(17)32-19/h7-8,11-12,15,18,20H,9-10,13-14H2,1-6H3/t18-,20-/m0/s1. The van der Waals surface area contributed by atoms with Gasteiger partial charge in [-0.25, -0.2) is 4.79 Å². The molecule has 1 aliphatic heterocycles. The normalized spacial score (nSPS) is 17.9. The Kier molecular flexibility index (Phi) is 6.98. The molecule has 1 aliphatic rings. The summed E-state index contributed by atoms with van der Waals surface area (Å²) in [6.07, 6.45) is 1.76. The molecule has 0 aliphatic carbocycles. The van der Waals surface area contributed by atoms with Crippen molar-refractivity contribution in [3.05, 3.63) is 34.7 Å². The van der Waals surface area contributed by atoms with E-state index in [4.69, 9.17) is 9.47 Å². The van der Waals surface area contributed by atoms with Crippen molar-refractivity contribution in [1.29, 1.82) is 0 Å². The molecule has 1 aromatic heterocycles. The van der Waals surface area contributed by atoms with E-state index in [9.17, 15) is 14.4 Å². The van der Waals surface area contributed by atoms with Gasteiger partial charge in [-0.3, -0.25) is 9.59 Å². The van der Waals surface area contributed by atoms with Gasteiger partial charge in [0.05, 0.1) is 5.92 Å². The molecule has 174 valence electrons. The molecular formula is C25H33NO5S. The van der Waals surface area contributed by atoms with E-state index in [1.54, 1.807) is 22.3 Å². The largest absolute Gasteiger partial charge is 0.460 e. The zero-order chi connectivity index (χ0) is 23.7. The zero-order valence-electron chi connectivity index (χ0n) is 19.8. The Bertz CT molecular complexity index is 998. The fourth-order valence-electron chi connectivity index (χ4n) is 3.92. The van der Waals surface area contributed by atoms with Gasteiger partial charge >= 0.3 is 12.1 Å². The predicted octanol–water partition coefficient (Wildman–Crippen LogP) is 5.47. The Hall–Kier alpha value is -2.41. The molecule has 0 spiro atoms. The van der Waals surface area contributed by atoms with Gasteiger partial charge in [-0.05, 0) is 77.8 Å². The quantitative estimate of drug-likeness (QED) is 0.438. The lowest BCUT2D eigenvalue weighted by molar-refractivity contribution is -0.161. The van der Waals surface area contributed by atoms with Gasteiger partial charge in [0.15, 0.2) is 0 Å². The minimum atomic E-state index is -0.586. The van der Waals surface area contributed by atoms with Crippen LogP contribution >= 0.6 is 11.3 Å². The summed E-state index contributed by atoms with van der Waals surface area (Å²) in [7, 11) is 0. The number of rotatable bonds is 5. The van der Waals surface area contributed by atoms with Crippen molar-refractivity contribution in [2.45, 2.75) is 65.6 Å². The van der Waals surface area contributed by atoms with Gasteiger partial charge in [-0.15, -0.1) is 11.3 Å². The van der Waals surface area contributed by atoms with E-state index in [1.165, 1.54) is 0 Å². The average molecular weight is 460 g/mol. The zero-order valence-corrected chi connectivity index (χ0v) is 20.6. The van der Waals surface area contributed by atoms with Crippen LogP contribution in [0, 0.1) is 11.8 Å². The van der Waals surface area contributed by atoms with Crippen LogP contribution in [0.4, 0.5) is 4.79 Å². The molecule has 0 unspecified atom stereocenters. The van der Waals surface area contributed by atoms with Gasteiger partial charge in [0.25, 0.3) is 0 Å². The third-order valence-corrected chi connectivity index (χ3v) is 6.43. The summed E-state index contributed by atoms with van der Waals surface area (Å²) in [5, 5.41) is 1.06. The van der Waals surface area contributed by atoms with Crippen LogP contribution in [-0.4, -0.2) is 47.5 Å². The minimum Gasteiger partial charge on any atom is -0.460 e. The van der Waals surface area contributed by atoms with Crippen LogP contribution < -0.4 is 0 Å². The number of benzene rings is 1. The Morgan fingerprint density at radius 3 is 2.44 bits per heavy atom. The fourth-order valence-corrected chi connectivity index (χ4v) is 5.09. The first-order chi connectivity index (χ1) is 14.8. The number of amides is 1. The van der Waals surface area contributed by atoms with Crippen molar-refractivity contribution in [3.63, 3.8) is 0 Å². The number of ether oxygens (including phenoxy) is 2. The number of aldehydes is 1. The molecule has 2 aromatic rings. The Morgan fingerprint density at radius 1 is 1.12 bits per heavy atom. The van der Waals surface area contributed by atoms with Crippen LogP contribution in [-0.2, 0) is 20.7 Å². The van der Waals surface area contributed by atoms with Crippen LogP contribution in [0.5, 0.6) is 0 Å². The molecule has 2 heterocycles. The second kappa shape index (κ2) is 9.22. The first-order valence-corrected chi connectivity index (χ1v) is 11.8. The van der Waals surface area contributed by atoms with Crippen molar-refractivity contribution >= 4 is 39.8 Å². The molecule has 1 saturated heterocycles. The van der Waals surface area contributed by atoms with Crippen LogP contribution in [0.1, 0.15) is 63.2 Å². The molecule has 1 aromatic carbocycles. The van der Waals surface area contributed by atoms with E-state index in [-0.39, 0.29) is 23.9 Å². The third-order valence-electron chi connectivity index (χ3n) is 5.31. The number of hydrogen-bond acceptors (Lipinski definition) is 6. The molecule has 0 N–H and O–H groups in total. The maximum absolute atomic E-state index is 13.2. The monoisotopic (exact) mass is 459 g/mol. The highest BCUT2D eigenvalue weighted by atomic mass is 32.1. The van der Waals surface area contributed by atoms with Gasteiger partial charge in [-0.2, -0.15) is 0 Å². The third kappa shape index (κ3) is 6.31. The molecule has 1 amide bonds. The molecule has 1 fully saturated rings. The van der Waals surface area contributed by atoms with E-state index < -0.39 is 11.2 Å². The maximum Gasteiger partial charge on any atom is 0.410 e. The molecule has 32 heavy (non-hydrogen) atoms. The van der Waals surface area contributed by atoms with Gasteiger partial charge in [0.2, 0.25) is 0 Å². The minimum absolute atomic E-state index is 0.00637. The highest BCUT2D eigenvalue weighted by molar-refractivity contribution is 7.19. The summed E-state index contributed by atoms with van der Waals surface area (Å²) in [4.78, 5) is 39.6. The molecule has 3 rings (SSSR count). The summed E-state index contributed by atoms with van der Waals surface area (Å²) < 4.78 is 12.3. The van der Waals surface area contributed by atoms with Gasteiger partial charge < -0.3 is 14.4 Å². The molecule has 0 bridgehead atoms. The van der Waals surface area contributed by atoms with E-state index in [0.29, 0.717) is 25.1 Å². The number of fused-ring (bicyclic) bond motifs is 1. The second-order valence-electron chi connectivity index (χ2n) is 10.4. The number of thiophene rings is 1. The first kappa shape index (κ1) is 24.2. The molecule has 7 heteroatoms. The van der Waals surface area contributed by atoms with Crippen molar-refractivity contribution < 1.29 is 23.9 Å². The summed E-state index contributed by atoms with van der Waals surface area (Å²) >= 11 is 1.59.